The highest BCUT2D eigenvalue weighted by atomic mass is 19.4. The summed E-state index contributed by atoms with van der Waals surface area (Å²) < 4.78 is 87.6. The molecule has 2 aromatic carbocycles. The number of alkyl halides is 6. The number of imidazole rings is 1. The molecule has 1 unspecified atom stereocenters. The Hall–Kier alpha value is -4.25. The number of halogens is 6. The molecule has 3 aromatic heterocycles. The van der Waals surface area contributed by atoms with E-state index in [0.29, 0.717) is 0 Å². The molecule has 1 N–H and O–H groups in total. The number of aliphatic hydroxyl groups is 1. The molecule has 3 heterocycles. The molecule has 0 saturated carbocycles. The largest absolute Gasteiger partial charge is 0.433 e. The van der Waals surface area contributed by atoms with Crippen LogP contribution in [0.15, 0.2) is 85.6 Å². The summed E-state index contributed by atoms with van der Waals surface area (Å²) in [5.41, 5.74) is -6.57. The minimum Gasteiger partial charge on any atom is -0.374 e. The average Bonchev–Trinajstić information content (AvgIpc) is 3.33. The second-order valence-electron chi connectivity index (χ2n) is 8.64. The van der Waals surface area contributed by atoms with Gasteiger partial charge in [-0.1, -0.05) is 36.4 Å². The van der Waals surface area contributed by atoms with Gasteiger partial charge in [-0.15, -0.1) is 0 Å². The van der Waals surface area contributed by atoms with Crippen LogP contribution in [-0.2, 0) is 25.0 Å². The third-order valence-corrected chi connectivity index (χ3v) is 6.30. The molecular weight excluding hydrogens is 510 g/mol. The van der Waals surface area contributed by atoms with Crippen LogP contribution in [0, 0.1) is 0 Å². The molecule has 5 nitrogen and oxygen atoms in total. The molecule has 0 aliphatic rings. The molecule has 0 amide bonds. The number of fused-ring (bicyclic) bond motifs is 1. The Morgan fingerprint density at radius 3 is 2.05 bits per heavy atom. The van der Waals surface area contributed by atoms with Crippen molar-refractivity contribution in [3.63, 3.8) is 0 Å². The smallest absolute Gasteiger partial charge is 0.374 e. The first-order valence-electron chi connectivity index (χ1n) is 11.2. The summed E-state index contributed by atoms with van der Waals surface area (Å²) >= 11 is 0. The van der Waals surface area contributed by atoms with Crippen LogP contribution in [0.1, 0.15) is 28.1 Å². The number of hydrogen-bond acceptors (Lipinski definition) is 4. The standard InChI is InChI=1S/C27H18F6N4O/c1-37-15-35-14-21(37)25(38,17-9-11-34-12-10-17)18-7-8-20-19(13-18)23(26(28,29)30)22(16-5-3-2-4-6-16)24(36-20)27(31,32)33/h2-15,38H,1H3. The van der Waals surface area contributed by atoms with Gasteiger partial charge in [-0.3, -0.25) is 4.98 Å². The normalized spacial score (nSPS) is 14.0. The van der Waals surface area contributed by atoms with Gasteiger partial charge in [0.05, 0.1) is 29.3 Å². The average molecular weight is 528 g/mol. The van der Waals surface area contributed by atoms with Crippen molar-refractivity contribution in [2.75, 3.05) is 0 Å². The van der Waals surface area contributed by atoms with Crippen molar-refractivity contribution >= 4 is 10.9 Å². The van der Waals surface area contributed by atoms with Crippen molar-refractivity contribution in [2.45, 2.75) is 18.0 Å². The molecule has 1 atom stereocenters. The lowest BCUT2D eigenvalue weighted by Crippen LogP contribution is -2.31. The number of rotatable bonds is 4. The number of aromatic nitrogens is 4. The van der Waals surface area contributed by atoms with Crippen LogP contribution in [0.2, 0.25) is 0 Å². The highest BCUT2D eigenvalue weighted by molar-refractivity contribution is 5.91. The molecule has 0 radical (unpaired) electrons. The Labute approximate surface area is 212 Å². The van der Waals surface area contributed by atoms with E-state index >= 15 is 0 Å². The Bertz CT molecular complexity index is 1610. The van der Waals surface area contributed by atoms with Crippen LogP contribution in [0.5, 0.6) is 0 Å². The zero-order valence-corrected chi connectivity index (χ0v) is 19.6. The summed E-state index contributed by atoms with van der Waals surface area (Å²) in [4.78, 5) is 11.6. The van der Waals surface area contributed by atoms with E-state index in [9.17, 15) is 31.4 Å². The highest BCUT2D eigenvalue weighted by Gasteiger charge is 2.45. The monoisotopic (exact) mass is 528 g/mol. The summed E-state index contributed by atoms with van der Waals surface area (Å²) in [7, 11) is 1.60. The zero-order valence-electron chi connectivity index (χ0n) is 19.6. The molecule has 38 heavy (non-hydrogen) atoms. The van der Waals surface area contributed by atoms with Gasteiger partial charge in [-0.05, 0) is 41.0 Å². The summed E-state index contributed by atoms with van der Waals surface area (Å²) in [6, 6.07) is 12.8. The minimum absolute atomic E-state index is 0.0223. The lowest BCUT2D eigenvalue weighted by atomic mass is 9.82. The van der Waals surface area contributed by atoms with Gasteiger partial charge in [0.1, 0.15) is 0 Å². The first-order valence-corrected chi connectivity index (χ1v) is 11.2. The third-order valence-electron chi connectivity index (χ3n) is 6.30. The second-order valence-corrected chi connectivity index (χ2v) is 8.64. The summed E-state index contributed by atoms with van der Waals surface area (Å²) in [5, 5.41) is 11.5. The number of benzene rings is 2. The van der Waals surface area contributed by atoms with E-state index in [1.54, 1.807) is 7.05 Å². The first-order chi connectivity index (χ1) is 17.9. The van der Waals surface area contributed by atoms with Crippen molar-refractivity contribution in [2.24, 2.45) is 7.05 Å². The molecule has 0 spiro atoms. The summed E-state index contributed by atoms with van der Waals surface area (Å²) in [6.07, 6.45) is -4.77. The molecule has 5 aromatic rings. The van der Waals surface area contributed by atoms with Gasteiger partial charge in [0.25, 0.3) is 0 Å². The summed E-state index contributed by atoms with van der Waals surface area (Å²) in [6.45, 7) is 0. The van der Waals surface area contributed by atoms with Crippen LogP contribution >= 0.6 is 0 Å². The van der Waals surface area contributed by atoms with Crippen LogP contribution in [0.4, 0.5) is 26.3 Å². The molecule has 0 aliphatic heterocycles. The number of aryl methyl sites for hydroxylation is 1. The Kier molecular flexibility index (Phi) is 5.98. The maximum Gasteiger partial charge on any atom is 0.433 e. The molecular formula is C27H18F6N4O. The molecule has 0 saturated heterocycles. The highest BCUT2D eigenvalue weighted by Crippen LogP contribution is 2.48. The quantitative estimate of drug-likeness (QED) is 0.276. The van der Waals surface area contributed by atoms with E-state index in [1.807, 2.05) is 0 Å². The molecule has 11 heteroatoms. The predicted octanol–water partition coefficient (Wildman–Crippen LogP) is 6.35. The van der Waals surface area contributed by atoms with Gasteiger partial charge < -0.3 is 9.67 Å². The fourth-order valence-corrected chi connectivity index (χ4v) is 4.64. The van der Waals surface area contributed by atoms with Crippen LogP contribution in [0.25, 0.3) is 22.0 Å². The van der Waals surface area contributed by atoms with Crippen LogP contribution in [-0.4, -0.2) is 24.6 Å². The van der Waals surface area contributed by atoms with Gasteiger partial charge >= 0.3 is 12.4 Å². The van der Waals surface area contributed by atoms with Gasteiger partial charge in [-0.25, -0.2) is 9.97 Å². The van der Waals surface area contributed by atoms with Crippen molar-refractivity contribution in [3.05, 3.63) is 114 Å². The third kappa shape index (κ3) is 4.18. The maximum atomic E-state index is 14.6. The Balaban J connectivity index is 1.91. The lowest BCUT2D eigenvalue weighted by molar-refractivity contribution is -0.143. The van der Waals surface area contributed by atoms with Gasteiger partial charge in [0.15, 0.2) is 11.3 Å². The molecule has 5 rings (SSSR count). The van der Waals surface area contributed by atoms with Crippen molar-refractivity contribution in [3.8, 4) is 11.1 Å². The maximum absolute atomic E-state index is 14.6. The second kappa shape index (κ2) is 8.95. The van der Waals surface area contributed by atoms with Gasteiger partial charge in [-0.2, -0.15) is 26.3 Å². The fraction of sp³-hybridized carbons (Fsp3) is 0.148. The lowest BCUT2D eigenvalue weighted by Gasteiger charge is -2.30. The van der Waals surface area contributed by atoms with E-state index in [4.69, 9.17) is 0 Å². The molecule has 194 valence electrons. The number of hydrogen-bond donors (Lipinski definition) is 1. The SMILES string of the molecule is Cn1cncc1C(O)(c1ccncc1)c1ccc2nc(C(F)(F)F)c(-c3ccccc3)c(C(F)(F)F)c2c1. The van der Waals surface area contributed by atoms with Crippen LogP contribution in [0.3, 0.4) is 0 Å². The Morgan fingerprint density at radius 1 is 0.789 bits per heavy atom. The number of pyridine rings is 2. The summed E-state index contributed by atoms with van der Waals surface area (Å²) in [5.74, 6) is 0. The van der Waals surface area contributed by atoms with Crippen LogP contribution < -0.4 is 0 Å². The van der Waals surface area contributed by atoms with Crippen molar-refractivity contribution < 1.29 is 31.4 Å². The first kappa shape index (κ1) is 25.4. The van der Waals surface area contributed by atoms with Gasteiger partial charge in [0.2, 0.25) is 0 Å². The predicted molar refractivity (Wildman–Crippen MR) is 127 cm³/mol. The Morgan fingerprint density at radius 2 is 1.47 bits per heavy atom. The van der Waals surface area contributed by atoms with E-state index in [2.05, 4.69) is 15.0 Å². The minimum atomic E-state index is -5.19. The number of nitrogens with zero attached hydrogens (tertiary/aromatic N) is 4. The fourth-order valence-electron chi connectivity index (χ4n) is 4.64. The topological polar surface area (TPSA) is 63.8 Å². The molecule has 0 bridgehead atoms. The van der Waals surface area contributed by atoms with E-state index in [1.165, 1.54) is 78.0 Å². The van der Waals surface area contributed by atoms with Crippen molar-refractivity contribution in [1.29, 1.82) is 0 Å². The van der Waals surface area contributed by atoms with E-state index in [0.717, 1.165) is 12.1 Å². The van der Waals surface area contributed by atoms with E-state index < -0.39 is 45.7 Å². The zero-order chi connectivity index (χ0) is 27.3. The van der Waals surface area contributed by atoms with Crippen molar-refractivity contribution in [1.82, 2.24) is 19.5 Å². The molecule has 0 aliphatic carbocycles. The molecule has 0 fully saturated rings. The van der Waals surface area contributed by atoms with E-state index in [-0.39, 0.29) is 22.4 Å². The van der Waals surface area contributed by atoms with Gasteiger partial charge in [0, 0.05) is 30.4 Å².